The molecule has 3 heterocycles. The van der Waals surface area contributed by atoms with E-state index in [2.05, 4.69) is 30.3 Å². The van der Waals surface area contributed by atoms with E-state index in [0.717, 1.165) is 67.6 Å². The van der Waals surface area contributed by atoms with E-state index in [1.165, 1.54) is 38.5 Å². The highest BCUT2D eigenvalue weighted by Gasteiger charge is 2.51. The molecule has 4 saturated carbocycles. The van der Waals surface area contributed by atoms with Crippen molar-refractivity contribution in [1.29, 1.82) is 0 Å². The lowest BCUT2D eigenvalue weighted by atomic mass is 9.49. The van der Waals surface area contributed by atoms with Crippen LogP contribution in [0.1, 0.15) is 50.5 Å². The first-order valence-corrected chi connectivity index (χ1v) is 12.6. The molecule has 0 atom stereocenters. The van der Waals surface area contributed by atoms with Gasteiger partial charge in [0.2, 0.25) is 5.91 Å². The molecular formula is C26H34N6O. The summed E-state index contributed by atoms with van der Waals surface area (Å²) in [5, 5.41) is 11.9. The summed E-state index contributed by atoms with van der Waals surface area (Å²) in [7, 11) is 0. The van der Waals surface area contributed by atoms with Crippen LogP contribution in [0.5, 0.6) is 0 Å². The molecule has 7 nitrogen and oxygen atoms in total. The van der Waals surface area contributed by atoms with Crippen molar-refractivity contribution in [2.24, 2.45) is 23.2 Å². The van der Waals surface area contributed by atoms with E-state index in [1.54, 1.807) is 0 Å². The van der Waals surface area contributed by atoms with Crippen LogP contribution in [0.15, 0.2) is 30.5 Å². The number of hydrogen-bond donors (Lipinski definition) is 1. The minimum absolute atomic E-state index is 0.323. The Labute approximate surface area is 196 Å². The van der Waals surface area contributed by atoms with Gasteiger partial charge in [0.1, 0.15) is 5.82 Å². The lowest BCUT2D eigenvalue weighted by Gasteiger charge is -2.57. The third-order valence-corrected chi connectivity index (χ3v) is 8.47. The molecule has 33 heavy (non-hydrogen) atoms. The fraction of sp³-hybridized carbons (Fsp3) is 0.615. The van der Waals surface area contributed by atoms with Crippen LogP contribution in [-0.4, -0.2) is 52.2 Å². The fourth-order valence-electron chi connectivity index (χ4n) is 7.36. The third-order valence-electron chi connectivity index (χ3n) is 8.47. The second kappa shape index (κ2) is 8.26. The second-order valence-corrected chi connectivity index (χ2v) is 11.1. The molecule has 1 aliphatic heterocycles. The molecule has 1 amide bonds. The van der Waals surface area contributed by atoms with Gasteiger partial charge in [-0.1, -0.05) is 6.07 Å². The Hall–Kier alpha value is -2.70. The molecule has 0 aromatic carbocycles. The van der Waals surface area contributed by atoms with Crippen LogP contribution in [0.2, 0.25) is 0 Å². The molecule has 2 aromatic heterocycles. The smallest absolute Gasteiger partial charge is 0.223 e. The molecule has 5 fully saturated rings. The number of aryl methyl sites for hydroxylation is 1. The van der Waals surface area contributed by atoms with Crippen molar-refractivity contribution in [3.63, 3.8) is 0 Å². The monoisotopic (exact) mass is 446 g/mol. The summed E-state index contributed by atoms with van der Waals surface area (Å²) in [6.45, 7) is 5.20. The zero-order valence-electron chi connectivity index (χ0n) is 19.5. The van der Waals surface area contributed by atoms with Gasteiger partial charge in [0.25, 0.3) is 0 Å². The normalized spacial score (nSPS) is 30.5. The molecule has 5 aliphatic rings. The Kier molecular flexibility index (Phi) is 5.23. The first-order valence-electron chi connectivity index (χ1n) is 12.6. The standard InChI is InChI=1S/C26H34N6O/c1-18-2-3-22(27-17-18)28-23-4-5-24(30-29-23)31-6-8-32(9-7-31)25(33)16-26-13-19-10-20(14-26)12-21(11-19)15-26/h2-5,17,19-21H,6-16H2,1H3,(H,27,28,29). The number of hydrogen-bond acceptors (Lipinski definition) is 6. The number of amides is 1. The molecule has 4 bridgehead atoms. The average molecular weight is 447 g/mol. The highest BCUT2D eigenvalue weighted by molar-refractivity contribution is 5.77. The molecule has 4 aliphatic carbocycles. The van der Waals surface area contributed by atoms with Crippen molar-refractivity contribution in [3.05, 3.63) is 36.0 Å². The molecule has 174 valence electrons. The Bertz CT molecular complexity index is 961. The predicted octanol–water partition coefficient (Wildman–Crippen LogP) is 4.18. The summed E-state index contributed by atoms with van der Waals surface area (Å²) >= 11 is 0. The molecule has 1 saturated heterocycles. The van der Waals surface area contributed by atoms with E-state index < -0.39 is 0 Å². The average Bonchev–Trinajstić information content (AvgIpc) is 2.80. The summed E-state index contributed by atoms with van der Waals surface area (Å²) in [5.41, 5.74) is 1.45. The molecule has 0 radical (unpaired) electrons. The molecular weight excluding hydrogens is 412 g/mol. The summed E-state index contributed by atoms with van der Waals surface area (Å²) in [6, 6.07) is 7.89. The molecule has 2 aromatic rings. The fourth-order valence-corrected chi connectivity index (χ4v) is 7.36. The van der Waals surface area contributed by atoms with Gasteiger partial charge in [0.05, 0.1) is 0 Å². The lowest BCUT2D eigenvalue weighted by molar-refractivity contribution is -0.139. The topological polar surface area (TPSA) is 74.2 Å². The molecule has 7 rings (SSSR count). The van der Waals surface area contributed by atoms with Gasteiger partial charge in [-0.05, 0) is 92.4 Å². The van der Waals surface area contributed by atoms with E-state index in [1.807, 2.05) is 37.4 Å². The number of pyridine rings is 1. The van der Waals surface area contributed by atoms with Gasteiger partial charge in [-0.15, -0.1) is 10.2 Å². The molecule has 1 N–H and O–H groups in total. The van der Waals surface area contributed by atoms with Crippen LogP contribution in [-0.2, 0) is 4.79 Å². The maximum atomic E-state index is 13.2. The van der Waals surface area contributed by atoms with Crippen LogP contribution in [0, 0.1) is 30.1 Å². The maximum Gasteiger partial charge on any atom is 0.223 e. The van der Waals surface area contributed by atoms with Crippen LogP contribution in [0.25, 0.3) is 0 Å². The SMILES string of the molecule is Cc1ccc(Nc2ccc(N3CCN(C(=O)CC45CC6CC(CC(C6)C4)C5)CC3)nn2)nc1. The summed E-state index contributed by atoms with van der Waals surface area (Å²) < 4.78 is 0. The highest BCUT2D eigenvalue weighted by atomic mass is 16.2. The van der Waals surface area contributed by atoms with Gasteiger partial charge in [0, 0.05) is 38.8 Å². The van der Waals surface area contributed by atoms with Gasteiger partial charge in [-0.3, -0.25) is 4.79 Å². The molecule has 0 spiro atoms. The maximum absolute atomic E-state index is 13.2. The van der Waals surface area contributed by atoms with Gasteiger partial charge >= 0.3 is 0 Å². The summed E-state index contributed by atoms with van der Waals surface area (Å²) in [6.07, 6.45) is 10.8. The number of carbonyl (C=O) groups is 1. The highest BCUT2D eigenvalue weighted by Crippen LogP contribution is 2.61. The number of rotatable bonds is 5. The van der Waals surface area contributed by atoms with Crippen molar-refractivity contribution in [2.75, 3.05) is 36.4 Å². The van der Waals surface area contributed by atoms with Gasteiger partial charge in [-0.2, -0.15) is 0 Å². The number of anilines is 3. The zero-order chi connectivity index (χ0) is 22.4. The summed E-state index contributed by atoms with van der Waals surface area (Å²) in [4.78, 5) is 21.9. The Morgan fingerprint density at radius 2 is 1.61 bits per heavy atom. The van der Waals surface area contributed by atoms with E-state index in [0.29, 0.717) is 17.1 Å². The van der Waals surface area contributed by atoms with Gasteiger partial charge in [0.15, 0.2) is 11.6 Å². The van der Waals surface area contributed by atoms with Crippen molar-refractivity contribution in [3.8, 4) is 0 Å². The zero-order valence-corrected chi connectivity index (χ0v) is 19.5. The minimum Gasteiger partial charge on any atom is -0.352 e. The molecule has 7 heteroatoms. The number of nitrogens with zero attached hydrogens (tertiary/aromatic N) is 5. The second-order valence-electron chi connectivity index (χ2n) is 11.1. The van der Waals surface area contributed by atoms with Crippen molar-refractivity contribution in [2.45, 2.75) is 51.9 Å². The van der Waals surface area contributed by atoms with Crippen LogP contribution >= 0.6 is 0 Å². The minimum atomic E-state index is 0.323. The third kappa shape index (κ3) is 4.30. The first kappa shape index (κ1) is 20.9. The largest absolute Gasteiger partial charge is 0.352 e. The quantitative estimate of drug-likeness (QED) is 0.743. The van der Waals surface area contributed by atoms with Crippen molar-refractivity contribution < 1.29 is 4.79 Å². The Morgan fingerprint density at radius 3 is 2.18 bits per heavy atom. The first-order chi connectivity index (χ1) is 16.0. The van der Waals surface area contributed by atoms with Gasteiger partial charge < -0.3 is 15.1 Å². The van der Waals surface area contributed by atoms with Crippen LogP contribution in [0.4, 0.5) is 17.5 Å². The number of carbonyl (C=O) groups excluding carboxylic acids is 1. The summed E-state index contributed by atoms with van der Waals surface area (Å²) in [5.74, 6) is 5.39. The Morgan fingerprint density at radius 1 is 0.939 bits per heavy atom. The number of aromatic nitrogens is 3. The van der Waals surface area contributed by atoms with Crippen LogP contribution < -0.4 is 10.2 Å². The van der Waals surface area contributed by atoms with Crippen molar-refractivity contribution >= 4 is 23.4 Å². The van der Waals surface area contributed by atoms with E-state index >= 15 is 0 Å². The molecule has 0 unspecified atom stereocenters. The van der Waals surface area contributed by atoms with E-state index in [4.69, 9.17) is 0 Å². The van der Waals surface area contributed by atoms with Crippen molar-refractivity contribution in [1.82, 2.24) is 20.1 Å². The lowest BCUT2D eigenvalue weighted by Crippen LogP contribution is -2.52. The van der Waals surface area contributed by atoms with E-state index in [-0.39, 0.29) is 0 Å². The number of piperazine rings is 1. The van der Waals surface area contributed by atoms with Crippen LogP contribution in [0.3, 0.4) is 0 Å². The van der Waals surface area contributed by atoms with Gasteiger partial charge in [-0.25, -0.2) is 4.98 Å². The Balaban J connectivity index is 1.02. The predicted molar refractivity (Wildman–Crippen MR) is 128 cm³/mol. The number of nitrogens with one attached hydrogen (secondary N) is 1. The van der Waals surface area contributed by atoms with E-state index in [9.17, 15) is 4.79 Å².